The quantitative estimate of drug-likeness (QED) is 0.887. The van der Waals surface area contributed by atoms with Crippen LogP contribution in [0.1, 0.15) is 34.2 Å². The molecule has 3 nitrogen and oxygen atoms in total. The van der Waals surface area contributed by atoms with Crippen molar-refractivity contribution in [3.8, 4) is 0 Å². The third kappa shape index (κ3) is 2.46. The highest BCUT2D eigenvalue weighted by molar-refractivity contribution is 7.11. The number of pyridine rings is 1. The van der Waals surface area contributed by atoms with Crippen molar-refractivity contribution >= 4 is 11.3 Å². The van der Waals surface area contributed by atoms with Gasteiger partial charge in [-0.3, -0.25) is 4.98 Å². The zero-order valence-electron chi connectivity index (χ0n) is 9.34. The standard InChI is InChI=1S/C12H14N2OS/c1-8-12(9(2)15)16-11(14-8)6-10-4-3-5-13-7-10/h3-5,7,9,15H,6H2,1-2H3. The van der Waals surface area contributed by atoms with Crippen molar-refractivity contribution in [1.82, 2.24) is 9.97 Å². The van der Waals surface area contributed by atoms with Gasteiger partial charge in [0.15, 0.2) is 0 Å². The molecule has 0 aromatic carbocycles. The summed E-state index contributed by atoms with van der Waals surface area (Å²) in [6, 6.07) is 3.96. The zero-order chi connectivity index (χ0) is 11.5. The summed E-state index contributed by atoms with van der Waals surface area (Å²) < 4.78 is 0. The number of aromatic nitrogens is 2. The van der Waals surface area contributed by atoms with E-state index in [9.17, 15) is 5.11 Å². The molecule has 1 atom stereocenters. The molecular formula is C12H14N2OS. The Kier molecular flexibility index (Phi) is 3.31. The number of hydrogen-bond donors (Lipinski definition) is 1. The fraction of sp³-hybridized carbons (Fsp3) is 0.333. The first-order chi connectivity index (χ1) is 7.66. The predicted octanol–water partition coefficient (Wildman–Crippen LogP) is 2.49. The van der Waals surface area contributed by atoms with Crippen LogP contribution in [-0.4, -0.2) is 15.1 Å². The Bertz CT molecular complexity index is 465. The lowest BCUT2D eigenvalue weighted by Gasteiger charge is -1.98. The van der Waals surface area contributed by atoms with Crippen LogP contribution in [0.5, 0.6) is 0 Å². The number of thiazole rings is 1. The van der Waals surface area contributed by atoms with Crippen LogP contribution in [0.15, 0.2) is 24.5 Å². The summed E-state index contributed by atoms with van der Waals surface area (Å²) in [5.41, 5.74) is 2.08. The molecule has 84 valence electrons. The normalized spacial score (nSPS) is 12.7. The molecule has 0 saturated heterocycles. The fourth-order valence-electron chi connectivity index (χ4n) is 1.61. The highest BCUT2D eigenvalue weighted by Gasteiger charge is 2.12. The number of hydrogen-bond acceptors (Lipinski definition) is 4. The van der Waals surface area contributed by atoms with Gasteiger partial charge < -0.3 is 5.11 Å². The second-order valence-corrected chi connectivity index (χ2v) is 4.89. The van der Waals surface area contributed by atoms with Gasteiger partial charge >= 0.3 is 0 Å². The van der Waals surface area contributed by atoms with Gasteiger partial charge in [-0.2, -0.15) is 0 Å². The Morgan fingerprint density at radius 2 is 2.31 bits per heavy atom. The van der Waals surface area contributed by atoms with E-state index >= 15 is 0 Å². The van der Waals surface area contributed by atoms with E-state index in [0.717, 1.165) is 27.6 Å². The number of rotatable bonds is 3. The van der Waals surface area contributed by atoms with E-state index in [4.69, 9.17) is 0 Å². The molecule has 0 aliphatic carbocycles. The van der Waals surface area contributed by atoms with E-state index in [1.54, 1.807) is 24.5 Å². The van der Waals surface area contributed by atoms with Crippen molar-refractivity contribution in [2.75, 3.05) is 0 Å². The van der Waals surface area contributed by atoms with Crippen molar-refractivity contribution in [1.29, 1.82) is 0 Å². The lowest BCUT2D eigenvalue weighted by atomic mass is 10.2. The van der Waals surface area contributed by atoms with Gasteiger partial charge in [0, 0.05) is 18.8 Å². The molecule has 0 aliphatic rings. The molecule has 1 unspecified atom stereocenters. The monoisotopic (exact) mass is 234 g/mol. The minimum atomic E-state index is -0.430. The Balaban J connectivity index is 2.20. The van der Waals surface area contributed by atoms with Gasteiger partial charge in [-0.05, 0) is 25.5 Å². The Hall–Kier alpha value is -1.26. The Labute approximate surface area is 98.8 Å². The summed E-state index contributed by atoms with van der Waals surface area (Å²) >= 11 is 1.57. The van der Waals surface area contributed by atoms with Crippen molar-refractivity contribution < 1.29 is 5.11 Å². The third-order valence-corrected chi connectivity index (χ3v) is 3.66. The Morgan fingerprint density at radius 3 is 2.88 bits per heavy atom. The van der Waals surface area contributed by atoms with Crippen LogP contribution in [0, 0.1) is 6.92 Å². The summed E-state index contributed by atoms with van der Waals surface area (Å²) in [7, 11) is 0. The molecule has 1 N–H and O–H groups in total. The number of aryl methyl sites for hydroxylation is 1. The molecule has 0 aliphatic heterocycles. The average Bonchev–Trinajstić information content (AvgIpc) is 2.61. The van der Waals surface area contributed by atoms with Crippen LogP contribution in [-0.2, 0) is 6.42 Å². The van der Waals surface area contributed by atoms with Crippen molar-refractivity contribution in [3.05, 3.63) is 45.7 Å². The van der Waals surface area contributed by atoms with Crippen LogP contribution in [0.3, 0.4) is 0 Å². The van der Waals surface area contributed by atoms with Crippen LogP contribution < -0.4 is 0 Å². The number of aliphatic hydroxyl groups excluding tert-OH is 1. The highest BCUT2D eigenvalue weighted by Crippen LogP contribution is 2.26. The average molecular weight is 234 g/mol. The summed E-state index contributed by atoms with van der Waals surface area (Å²) in [5, 5.41) is 10.6. The number of aliphatic hydroxyl groups is 1. The van der Waals surface area contributed by atoms with E-state index in [0.29, 0.717) is 0 Å². The molecule has 4 heteroatoms. The second kappa shape index (κ2) is 4.72. The third-order valence-electron chi connectivity index (χ3n) is 2.33. The van der Waals surface area contributed by atoms with Gasteiger partial charge in [0.2, 0.25) is 0 Å². The van der Waals surface area contributed by atoms with Gasteiger partial charge in [0.05, 0.1) is 21.7 Å². The van der Waals surface area contributed by atoms with Crippen LogP contribution in [0.4, 0.5) is 0 Å². The zero-order valence-corrected chi connectivity index (χ0v) is 10.2. The van der Waals surface area contributed by atoms with E-state index in [1.165, 1.54) is 0 Å². The van der Waals surface area contributed by atoms with Gasteiger partial charge in [-0.25, -0.2) is 4.98 Å². The maximum atomic E-state index is 9.54. The lowest BCUT2D eigenvalue weighted by molar-refractivity contribution is 0.202. The molecule has 0 spiro atoms. The molecule has 2 rings (SSSR count). The van der Waals surface area contributed by atoms with Crippen molar-refractivity contribution in [2.45, 2.75) is 26.4 Å². The summed E-state index contributed by atoms with van der Waals surface area (Å²) in [6.45, 7) is 3.71. The second-order valence-electron chi connectivity index (χ2n) is 3.77. The first-order valence-corrected chi connectivity index (χ1v) is 6.01. The highest BCUT2D eigenvalue weighted by atomic mass is 32.1. The van der Waals surface area contributed by atoms with Gasteiger partial charge in [-0.15, -0.1) is 11.3 Å². The Morgan fingerprint density at radius 1 is 1.50 bits per heavy atom. The molecule has 0 fully saturated rings. The van der Waals surface area contributed by atoms with Crippen molar-refractivity contribution in [2.24, 2.45) is 0 Å². The molecule has 2 aromatic heterocycles. The fourth-order valence-corrected chi connectivity index (χ4v) is 2.65. The van der Waals surface area contributed by atoms with Crippen LogP contribution >= 0.6 is 11.3 Å². The van der Waals surface area contributed by atoms with Gasteiger partial charge in [0.25, 0.3) is 0 Å². The summed E-state index contributed by atoms with van der Waals surface area (Å²) in [6.07, 6.45) is 3.96. The largest absolute Gasteiger partial charge is 0.388 e. The first-order valence-electron chi connectivity index (χ1n) is 5.20. The topological polar surface area (TPSA) is 46.0 Å². The maximum absolute atomic E-state index is 9.54. The molecule has 0 amide bonds. The first kappa shape index (κ1) is 11.2. The van der Waals surface area contributed by atoms with E-state index in [2.05, 4.69) is 9.97 Å². The number of nitrogens with zero attached hydrogens (tertiary/aromatic N) is 2. The minimum absolute atomic E-state index is 0.430. The molecule has 0 bridgehead atoms. The van der Waals surface area contributed by atoms with E-state index in [-0.39, 0.29) is 0 Å². The van der Waals surface area contributed by atoms with Crippen LogP contribution in [0.2, 0.25) is 0 Å². The van der Waals surface area contributed by atoms with E-state index in [1.807, 2.05) is 25.3 Å². The molecule has 2 aromatic rings. The smallest absolute Gasteiger partial charge is 0.0976 e. The predicted molar refractivity (Wildman–Crippen MR) is 64.5 cm³/mol. The van der Waals surface area contributed by atoms with Gasteiger partial charge in [-0.1, -0.05) is 6.07 Å². The SMILES string of the molecule is Cc1nc(Cc2cccnc2)sc1C(C)O. The van der Waals surface area contributed by atoms with Crippen molar-refractivity contribution in [3.63, 3.8) is 0 Å². The molecule has 0 saturated carbocycles. The molecule has 16 heavy (non-hydrogen) atoms. The van der Waals surface area contributed by atoms with E-state index < -0.39 is 6.10 Å². The molecular weight excluding hydrogens is 220 g/mol. The minimum Gasteiger partial charge on any atom is -0.388 e. The molecule has 2 heterocycles. The molecule has 0 radical (unpaired) electrons. The van der Waals surface area contributed by atoms with Gasteiger partial charge in [0.1, 0.15) is 0 Å². The maximum Gasteiger partial charge on any atom is 0.0976 e. The lowest BCUT2D eigenvalue weighted by Crippen LogP contribution is -1.89. The summed E-state index contributed by atoms with van der Waals surface area (Å²) in [5.74, 6) is 0. The van der Waals surface area contributed by atoms with Crippen LogP contribution in [0.25, 0.3) is 0 Å². The summed E-state index contributed by atoms with van der Waals surface area (Å²) in [4.78, 5) is 9.49.